The van der Waals surface area contributed by atoms with Crippen molar-refractivity contribution < 1.29 is 14.3 Å². The maximum absolute atomic E-state index is 11.8. The summed E-state index contributed by atoms with van der Waals surface area (Å²) in [4.78, 5) is 11.8. The molecule has 24 heavy (non-hydrogen) atoms. The van der Waals surface area contributed by atoms with Crippen LogP contribution in [0.5, 0.6) is 11.5 Å². The second kappa shape index (κ2) is 8.57. The minimum absolute atomic E-state index is 0.208. The largest absolute Gasteiger partial charge is 0.497 e. The summed E-state index contributed by atoms with van der Waals surface area (Å²) in [5.74, 6) is 0.741. The molecule has 0 fully saturated rings. The van der Waals surface area contributed by atoms with Gasteiger partial charge in [-0.1, -0.05) is 23.2 Å². The maximum Gasteiger partial charge on any atom is 0.277 e. The minimum atomic E-state index is -0.395. The second-order valence-corrected chi connectivity index (χ2v) is 5.67. The van der Waals surface area contributed by atoms with E-state index in [1.807, 2.05) is 24.3 Å². The number of carbonyl (C=O) groups is 1. The molecule has 0 aromatic heterocycles. The van der Waals surface area contributed by atoms with Crippen LogP contribution in [0.15, 0.2) is 47.6 Å². The molecule has 5 nitrogen and oxygen atoms in total. The number of nitrogens with zero attached hydrogens (tertiary/aromatic N) is 1. The van der Waals surface area contributed by atoms with Crippen LogP contribution < -0.4 is 14.9 Å². The smallest absolute Gasteiger partial charge is 0.277 e. The number of hydrogen-bond donors (Lipinski definition) is 1. The van der Waals surface area contributed by atoms with Gasteiger partial charge >= 0.3 is 0 Å². The zero-order chi connectivity index (χ0) is 17.5. The van der Waals surface area contributed by atoms with Crippen LogP contribution in [0.2, 0.25) is 10.0 Å². The lowest BCUT2D eigenvalue weighted by Gasteiger charge is -2.08. The zero-order valence-corrected chi connectivity index (χ0v) is 14.7. The molecule has 0 saturated carbocycles. The first-order valence-corrected chi connectivity index (χ1v) is 7.80. The van der Waals surface area contributed by atoms with Crippen molar-refractivity contribution in [3.8, 4) is 11.5 Å². The fourth-order valence-corrected chi connectivity index (χ4v) is 2.27. The molecular weight excluding hydrogens is 351 g/mol. The molecule has 0 aliphatic carbocycles. The second-order valence-electron chi connectivity index (χ2n) is 4.82. The average molecular weight is 367 g/mol. The fourth-order valence-electron chi connectivity index (χ4n) is 1.81. The predicted molar refractivity (Wildman–Crippen MR) is 95.3 cm³/mol. The van der Waals surface area contributed by atoms with E-state index in [9.17, 15) is 4.79 Å². The number of amides is 1. The van der Waals surface area contributed by atoms with Gasteiger partial charge in [-0.05, 0) is 55.0 Å². The number of benzene rings is 2. The molecule has 0 spiro atoms. The predicted octanol–water partition coefficient (Wildman–Crippen LogP) is 3.92. The molecule has 2 aromatic carbocycles. The van der Waals surface area contributed by atoms with Gasteiger partial charge in [-0.3, -0.25) is 4.79 Å². The summed E-state index contributed by atoms with van der Waals surface area (Å²) in [6, 6.07) is 12.1. The molecule has 7 heteroatoms. The minimum Gasteiger partial charge on any atom is -0.497 e. The van der Waals surface area contributed by atoms with E-state index in [1.165, 1.54) is 0 Å². The van der Waals surface area contributed by atoms with Crippen LogP contribution in [0.1, 0.15) is 12.5 Å². The van der Waals surface area contributed by atoms with E-state index in [4.69, 9.17) is 32.7 Å². The first-order chi connectivity index (χ1) is 11.5. The van der Waals surface area contributed by atoms with Gasteiger partial charge in [0.05, 0.1) is 17.8 Å². The van der Waals surface area contributed by atoms with Crippen LogP contribution >= 0.6 is 23.2 Å². The van der Waals surface area contributed by atoms with Crippen LogP contribution in [0.4, 0.5) is 0 Å². The highest BCUT2D eigenvalue weighted by atomic mass is 35.5. The monoisotopic (exact) mass is 366 g/mol. The Labute approximate surface area is 150 Å². The van der Waals surface area contributed by atoms with Gasteiger partial charge in [0.2, 0.25) is 0 Å². The first kappa shape index (κ1) is 18.1. The van der Waals surface area contributed by atoms with Crippen molar-refractivity contribution in [3.63, 3.8) is 0 Å². The van der Waals surface area contributed by atoms with Gasteiger partial charge in [0.1, 0.15) is 11.5 Å². The van der Waals surface area contributed by atoms with Gasteiger partial charge in [-0.2, -0.15) is 5.10 Å². The molecule has 1 amide bonds. The van der Waals surface area contributed by atoms with Crippen LogP contribution in [0.3, 0.4) is 0 Å². The Morgan fingerprint density at radius 3 is 2.50 bits per heavy atom. The lowest BCUT2D eigenvalue weighted by molar-refractivity contribution is -0.123. The summed E-state index contributed by atoms with van der Waals surface area (Å²) in [6.07, 6.45) is 0. The molecule has 0 aliphatic heterocycles. The first-order valence-electron chi connectivity index (χ1n) is 7.05. The Kier molecular flexibility index (Phi) is 6.46. The Balaban J connectivity index is 1.89. The summed E-state index contributed by atoms with van der Waals surface area (Å²) < 4.78 is 10.4. The number of halogens is 2. The maximum atomic E-state index is 11.8. The summed E-state index contributed by atoms with van der Waals surface area (Å²) in [5, 5.41) is 4.88. The third-order valence-electron chi connectivity index (χ3n) is 3.11. The topological polar surface area (TPSA) is 59.9 Å². The Morgan fingerprint density at radius 2 is 1.88 bits per heavy atom. The average Bonchev–Trinajstić information content (AvgIpc) is 2.59. The molecule has 2 rings (SSSR count). The normalized spacial score (nSPS) is 11.1. The van der Waals surface area contributed by atoms with Gasteiger partial charge in [0.15, 0.2) is 6.61 Å². The number of nitrogens with one attached hydrogen (secondary N) is 1. The number of methoxy groups -OCH3 is 1. The third-order valence-corrected chi connectivity index (χ3v) is 3.64. The van der Waals surface area contributed by atoms with Gasteiger partial charge in [-0.25, -0.2) is 5.43 Å². The fraction of sp³-hybridized carbons (Fsp3) is 0.176. The van der Waals surface area contributed by atoms with Crippen molar-refractivity contribution >= 4 is 34.8 Å². The summed E-state index contributed by atoms with van der Waals surface area (Å²) in [5.41, 5.74) is 3.97. The number of rotatable bonds is 6. The van der Waals surface area contributed by atoms with E-state index in [0.717, 1.165) is 11.3 Å². The number of ether oxygens (including phenoxy) is 2. The Hall–Kier alpha value is -2.24. The number of carbonyl (C=O) groups excluding carboxylic acids is 1. The molecule has 2 aromatic rings. The lowest BCUT2D eigenvalue weighted by Crippen LogP contribution is -2.25. The van der Waals surface area contributed by atoms with Gasteiger partial charge in [0, 0.05) is 5.02 Å². The lowest BCUT2D eigenvalue weighted by atomic mass is 10.1. The van der Waals surface area contributed by atoms with Crippen molar-refractivity contribution in [1.82, 2.24) is 5.43 Å². The van der Waals surface area contributed by atoms with E-state index in [2.05, 4.69) is 10.5 Å². The molecule has 0 radical (unpaired) electrons. The summed E-state index contributed by atoms with van der Waals surface area (Å²) in [6.45, 7) is 1.58. The molecular formula is C17H16Cl2N2O3. The SMILES string of the molecule is COc1ccc(/C(C)=N\NC(=O)COc2ccc(Cl)cc2Cl)cc1. The number of hydrazone groups is 1. The van der Waals surface area contributed by atoms with Crippen molar-refractivity contribution in [2.24, 2.45) is 5.10 Å². The molecule has 126 valence electrons. The van der Waals surface area contributed by atoms with E-state index >= 15 is 0 Å². The highest BCUT2D eigenvalue weighted by molar-refractivity contribution is 6.35. The van der Waals surface area contributed by atoms with Crippen LogP contribution in [-0.4, -0.2) is 25.3 Å². The van der Waals surface area contributed by atoms with Crippen molar-refractivity contribution in [2.75, 3.05) is 13.7 Å². The molecule has 0 heterocycles. The van der Waals surface area contributed by atoms with Gasteiger partial charge in [0.25, 0.3) is 5.91 Å². The van der Waals surface area contributed by atoms with Crippen LogP contribution in [0, 0.1) is 0 Å². The molecule has 0 bridgehead atoms. The van der Waals surface area contributed by atoms with Crippen molar-refractivity contribution in [2.45, 2.75) is 6.92 Å². The van der Waals surface area contributed by atoms with Gasteiger partial charge in [-0.15, -0.1) is 0 Å². The molecule has 0 saturated heterocycles. The summed E-state index contributed by atoms with van der Waals surface area (Å²) >= 11 is 11.8. The quantitative estimate of drug-likeness (QED) is 0.622. The highest BCUT2D eigenvalue weighted by Crippen LogP contribution is 2.27. The summed E-state index contributed by atoms with van der Waals surface area (Å²) in [7, 11) is 1.60. The van der Waals surface area contributed by atoms with E-state index < -0.39 is 5.91 Å². The Bertz CT molecular complexity index is 746. The third kappa shape index (κ3) is 5.15. The molecule has 0 aliphatic rings. The highest BCUT2D eigenvalue weighted by Gasteiger charge is 2.06. The van der Waals surface area contributed by atoms with E-state index in [1.54, 1.807) is 32.2 Å². The van der Waals surface area contributed by atoms with Gasteiger partial charge < -0.3 is 9.47 Å². The van der Waals surface area contributed by atoms with Crippen LogP contribution in [-0.2, 0) is 4.79 Å². The van der Waals surface area contributed by atoms with Crippen molar-refractivity contribution in [3.05, 3.63) is 58.1 Å². The van der Waals surface area contributed by atoms with Crippen LogP contribution in [0.25, 0.3) is 0 Å². The standard InChI is InChI=1S/C17H16Cl2N2O3/c1-11(12-3-6-14(23-2)7-4-12)20-21-17(22)10-24-16-8-5-13(18)9-15(16)19/h3-9H,10H2,1-2H3,(H,21,22)/b20-11-. The zero-order valence-electron chi connectivity index (χ0n) is 13.2. The van der Waals surface area contributed by atoms with E-state index in [-0.39, 0.29) is 6.61 Å². The van der Waals surface area contributed by atoms with Crippen molar-refractivity contribution in [1.29, 1.82) is 0 Å². The molecule has 0 atom stereocenters. The molecule has 0 unspecified atom stereocenters. The molecule has 1 N–H and O–H groups in total. The Morgan fingerprint density at radius 1 is 1.17 bits per heavy atom. The van der Waals surface area contributed by atoms with E-state index in [0.29, 0.717) is 21.5 Å². The number of hydrogen-bond acceptors (Lipinski definition) is 4.